The second-order valence-corrected chi connectivity index (χ2v) is 10.9. The van der Waals surface area contributed by atoms with E-state index in [1.807, 2.05) is 42.3 Å². The molecule has 4 rings (SSSR count). The highest BCUT2D eigenvalue weighted by molar-refractivity contribution is 7.89. The van der Waals surface area contributed by atoms with Crippen molar-refractivity contribution in [2.45, 2.75) is 17.9 Å². The van der Waals surface area contributed by atoms with Crippen molar-refractivity contribution in [1.82, 2.24) is 14.5 Å². The van der Waals surface area contributed by atoms with Crippen molar-refractivity contribution in [2.24, 2.45) is 0 Å². The van der Waals surface area contributed by atoms with Crippen LogP contribution in [-0.4, -0.2) is 69.9 Å². The van der Waals surface area contributed by atoms with Crippen molar-refractivity contribution in [3.63, 3.8) is 0 Å². The molecular weight excluding hydrogens is 504 g/mol. The van der Waals surface area contributed by atoms with E-state index in [-0.39, 0.29) is 29.4 Å². The number of carbonyl (C=O) groups is 2. The largest absolute Gasteiger partial charge is 0.484 e. The first-order valence-corrected chi connectivity index (χ1v) is 13.9. The number of carbonyl (C=O) groups excluding carboxylic acids is 2. The second kappa shape index (κ2) is 12.2. The smallest absolute Gasteiger partial charge is 0.262 e. The molecule has 0 radical (unpaired) electrons. The molecule has 0 aromatic heterocycles. The lowest BCUT2D eigenvalue weighted by Gasteiger charge is -2.32. The number of anilines is 1. The fourth-order valence-corrected chi connectivity index (χ4v) is 5.29. The number of sulfonamides is 1. The number of benzene rings is 3. The van der Waals surface area contributed by atoms with Gasteiger partial charge < -0.3 is 19.9 Å². The lowest BCUT2D eigenvalue weighted by molar-refractivity contribution is -0.118. The van der Waals surface area contributed by atoms with Gasteiger partial charge in [-0.25, -0.2) is 13.1 Å². The van der Waals surface area contributed by atoms with Crippen LogP contribution >= 0.6 is 0 Å². The molecule has 1 fully saturated rings. The number of piperazine rings is 1. The van der Waals surface area contributed by atoms with Crippen LogP contribution in [0.3, 0.4) is 0 Å². The highest BCUT2D eigenvalue weighted by Crippen LogP contribution is 2.20. The fraction of sp³-hybridized carbons (Fsp3) is 0.286. The van der Waals surface area contributed by atoms with Crippen LogP contribution in [0, 0.1) is 0 Å². The minimum Gasteiger partial charge on any atom is -0.484 e. The summed E-state index contributed by atoms with van der Waals surface area (Å²) in [4.78, 5) is 29.1. The number of ether oxygens (including phenoxy) is 1. The zero-order valence-electron chi connectivity index (χ0n) is 21.5. The standard InChI is InChI=1S/C28H32N4O5S/c1-21(22-6-4-3-5-7-22)30-38(35,36)26-14-12-25(13-15-26)37-20-27(33)29-24-10-8-23(9-11-24)28(34)32-18-16-31(2)17-19-32/h3-15,21,30H,16-20H2,1-2H3,(H,29,33). The van der Waals surface area contributed by atoms with Crippen LogP contribution < -0.4 is 14.8 Å². The van der Waals surface area contributed by atoms with Crippen LogP contribution in [0.1, 0.15) is 28.9 Å². The number of rotatable bonds is 9. The maximum absolute atomic E-state index is 12.7. The Morgan fingerprint density at radius 3 is 2.16 bits per heavy atom. The number of nitrogens with one attached hydrogen (secondary N) is 2. The zero-order chi connectivity index (χ0) is 27.1. The summed E-state index contributed by atoms with van der Waals surface area (Å²) in [7, 11) is -1.69. The van der Waals surface area contributed by atoms with Crippen LogP contribution in [-0.2, 0) is 14.8 Å². The Hall–Kier alpha value is -3.73. The van der Waals surface area contributed by atoms with Crippen molar-refractivity contribution >= 4 is 27.5 Å². The third-order valence-electron chi connectivity index (χ3n) is 6.34. The lowest BCUT2D eigenvalue weighted by Crippen LogP contribution is -2.47. The topological polar surface area (TPSA) is 108 Å². The maximum Gasteiger partial charge on any atom is 0.262 e. The predicted octanol–water partition coefficient (Wildman–Crippen LogP) is 3.13. The maximum atomic E-state index is 12.7. The lowest BCUT2D eigenvalue weighted by atomic mass is 10.1. The van der Waals surface area contributed by atoms with E-state index < -0.39 is 10.0 Å². The van der Waals surface area contributed by atoms with Crippen LogP contribution in [0.4, 0.5) is 5.69 Å². The van der Waals surface area contributed by atoms with Gasteiger partial charge >= 0.3 is 0 Å². The highest BCUT2D eigenvalue weighted by Gasteiger charge is 2.21. The number of likely N-dealkylation sites (N-methyl/N-ethyl adjacent to an activating group) is 1. The molecule has 3 aromatic rings. The summed E-state index contributed by atoms with van der Waals surface area (Å²) in [6.45, 7) is 4.62. The quantitative estimate of drug-likeness (QED) is 0.435. The first-order valence-electron chi connectivity index (χ1n) is 12.4. The first kappa shape index (κ1) is 27.3. The monoisotopic (exact) mass is 536 g/mol. The SMILES string of the molecule is CC(NS(=O)(=O)c1ccc(OCC(=O)Nc2ccc(C(=O)N3CCN(C)CC3)cc2)cc1)c1ccccc1. The molecule has 1 heterocycles. The second-order valence-electron chi connectivity index (χ2n) is 9.23. The fourth-order valence-electron chi connectivity index (χ4n) is 4.06. The molecule has 3 aromatic carbocycles. The summed E-state index contributed by atoms with van der Waals surface area (Å²) in [5.74, 6) is -0.0315. The number of amides is 2. The summed E-state index contributed by atoms with van der Waals surface area (Å²) in [5.41, 5.74) is 1.98. The Morgan fingerprint density at radius 1 is 0.895 bits per heavy atom. The average molecular weight is 537 g/mol. The minimum absolute atomic E-state index is 0.0190. The van der Waals surface area contributed by atoms with Crippen molar-refractivity contribution in [2.75, 3.05) is 45.2 Å². The third kappa shape index (κ3) is 7.18. The van der Waals surface area contributed by atoms with Gasteiger partial charge in [0.2, 0.25) is 10.0 Å². The Bertz CT molecular complexity index is 1340. The zero-order valence-corrected chi connectivity index (χ0v) is 22.3. The average Bonchev–Trinajstić information content (AvgIpc) is 2.93. The molecule has 200 valence electrons. The summed E-state index contributed by atoms with van der Waals surface area (Å²) in [6.07, 6.45) is 0. The summed E-state index contributed by atoms with van der Waals surface area (Å²) in [5, 5.41) is 2.74. The Morgan fingerprint density at radius 2 is 1.53 bits per heavy atom. The summed E-state index contributed by atoms with van der Waals surface area (Å²) < 4.78 is 33.6. The first-order chi connectivity index (χ1) is 18.2. The van der Waals surface area contributed by atoms with Gasteiger partial charge in [-0.2, -0.15) is 0 Å². The molecular formula is C28H32N4O5S. The van der Waals surface area contributed by atoms with Crippen molar-refractivity contribution in [1.29, 1.82) is 0 Å². The van der Waals surface area contributed by atoms with Gasteiger partial charge in [0.15, 0.2) is 6.61 Å². The van der Waals surface area contributed by atoms with Crippen LogP contribution in [0.15, 0.2) is 83.8 Å². The van der Waals surface area contributed by atoms with E-state index >= 15 is 0 Å². The third-order valence-corrected chi connectivity index (χ3v) is 7.90. The van der Waals surface area contributed by atoms with E-state index in [2.05, 4.69) is 14.9 Å². The van der Waals surface area contributed by atoms with Gasteiger partial charge in [0, 0.05) is 43.5 Å². The van der Waals surface area contributed by atoms with Gasteiger partial charge in [0.25, 0.3) is 11.8 Å². The Balaban J connectivity index is 1.26. The number of hydrogen-bond acceptors (Lipinski definition) is 6. The molecule has 1 unspecified atom stereocenters. The molecule has 0 saturated carbocycles. The van der Waals surface area contributed by atoms with Gasteiger partial charge in [0.1, 0.15) is 5.75 Å². The van der Waals surface area contributed by atoms with E-state index in [0.717, 1.165) is 18.7 Å². The van der Waals surface area contributed by atoms with Crippen molar-refractivity contribution in [3.05, 3.63) is 90.0 Å². The highest BCUT2D eigenvalue weighted by atomic mass is 32.2. The minimum atomic E-state index is -3.73. The molecule has 1 atom stereocenters. The van der Waals surface area contributed by atoms with Crippen molar-refractivity contribution < 1.29 is 22.7 Å². The number of nitrogens with zero attached hydrogens (tertiary/aromatic N) is 2. The Labute approximate surface area is 223 Å². The molecule has 9 nitrogen and oxygen atoms in total. The van der Waals surface area contributed by atoms with E-state index in [4.69, 9.17) is 4.74 Å². The molecule has 0 bridgehead atoms. The predicted molar refractivity (Wildman–Crippen MR) is 146 cm³/mol. The van der Waals surface area contributed by atoms with E-state index in [9.17, 15) is 18.0 Å². The van der Waals surface area contributed by atoms with Gasteiger partial charge in [-0.15, -0.1) is 0 Å². The van der Waals surface area contributed by atoms with Crippen LogP contribution in [0.5, 0.6) is 5.75 Å². The molecule has 0 spiro atoms. The van der Waals surface area contributed by atoms with Gasteiger partial charge in [0.05, 0.1) is 4.90 Å². The van der Waals surface area contributed by atoms with E-state index in [0.29, 0.717) is 30.1 Å². The molecule has 1 saturated heterocycles. The van der Waals surface area contributed by atoms with Crippen molar-refractivity contribution in [3.8, 4) is 5.75 Å². The molecule has 1 aliphatic rings. The normalized spacial score (nSPS) is 15.1. The molecule has 38 heavy (non-hydrogen) atoms. The Kier molecular flexibility index (Phi) is 8.77. The van der Waals surface area contributed by atoms with E-state index in [1.54, 1.807) is 31.2 Å². The van der Waals surface area contributed by atoms with Gasteiger partial charge in [-0.1, -0.05) is 30.3 Å². The summed E-state index contributed by atoms with van der Waals surface area (Å²) >= 11 is 0. The molecule has 1 aliphatic heterocycles. The molecule has 10 heteroatoms. The molecule has 2 amide bonds. The summed E-state index contributed by atoms with van der Waals surface area (Å²) in [6, 6.07) is 21.6. The number of hydrogen-bond donors (Lipinski definition) is 2. The van der Waals surface area contributed by atoms with Crippen LogP contribution in [0.2, 0.25) is 0 Å². The molecule has 2 N–H and O–H groups in total. The van der Waals surface area contributed by atoms with E-state index in [1.165, 1.54) is 24.3 Å². The van der Waals surface area contributed by atoms with Crippen LogP contribution in [0.25, 0.3) is 0 Å². The van der Waals surface area contributed by atoms with Gasteiger partial charge in [-0.05, 0) is 68.1 Å². The molecule has 0 aliphatic carbocycles. The van der Waals surface area contributed by atoms with Gasteiger partial charge in [-0.3, -0.25) is 9.59 Å².